The summed E-state index contributed by atoms with van der Waals surface area (Å²) < 4.78 is 0. The molecule has 32 heavy (non-hydrogen) atoms. The predicted octanol–water partition coefficient (Wildman–Crippen LogP) is 4.04. The molecule has 0 fully saturated rings. The Bertz CT molecular complexity index is 1320. The Balaban J connectivity index is 1.89. The number of rotatable bonds is 5. The standard InChI is InChI=1S/C24H18N4O4/c25-18-11-9-14(10-12-18)19-20(13-1-5-16(6-2-13)23(29)30)28-22(26)21(27-19)15-3-7-17(8-4-15)24(31)32/h1-12H,25H2,(H2,26,28)(H,29,30)(H,31,32). The molecule has 0 aliphatic carbocycles. The average Bonchev–Trinajstić information content (AvgIpc) is 2.79. The summed E-state index contributed by atoms with van der Waals surface area (Å²) in [6.07, 6.45) is 0. The van der Waals surface area contributed by atoms with Crippen molar-refractivity contribution in [1.29, 1.82) is 0 Å². The molecule has 3 aromatic carbocycles. The predicted molar refractivity (Wildman–Crippen MR) is 121 cm³/mol. The molecule has 0 atom stereocenters. The van der Waals surface area contributed by atoms with Crippen molar-refractivity contribution >= 4 is 23.4 Å². The van der Waals surface area contributed by atoms with Gasteiger partial charge in [0.25, 0.3) is 0 Å². The molecule has 0 bridgehead atoms. The van der Waals surface area contributed by atoms with Gasteiger partial charge in [0.1, 0.15) is 5.69 Å². The molecule has 0 radical (unpaired) electrons. The number of benzene rings is 3. The number of carbonyl (C=O) groups is 2. The molecule has 0 saturated carbocycles. The maximum atomic E-state index is 11.2. The molecule has 0 unspecified atom stereocenters. The summed E-state index contributed by atoms with van der Waals surface area (Å²) in [7, 11) is 0. The summed E-state index contributed by atoms with van der Waals surface area (Å²) in [5.74, 6) is -1.90. The summed E-state index contributed by atoms with van der Waals surface area (Å²) in [5, 5.41) is 18.3. The lowest BCUT2D eigenvalue weighted by atomic mass is 10.0. The molecule has 0 aliphatic rings. The highest BCUT2D eigenvalue weighted by atomic mass is 16.4. The third-order valence-electron chi connectivity index (χ3n) is 4.92. The van der Waals surface area contributed by atoms with Gasteiger partial charge in [-0.15, -0.1) is 0 Å². The number of carboxylic acids is 2. The number of aromatic carboxylic acids is 2. The summed E-state index contributed by atoms with van der Waals surface area (Å²) in [5.41, 5.74) is 16.4. The number of nitrogens with zero attached hydrogens (tertiary/aromatic N) is 2. The highest BCUT2D eigenvalue weighted by molar-refractivity contribution is 5.90. The van der Waals surface area contributed by atoms with Gasteiger partial charge in [0, 0.05) is 22.4 Å². The lowest BCUT2D eigenvalue weighted by molar-refractivity contribution is 0.0686. The van der Waals surface area contributed by atoms with Crippen LogP contribution in [0.2, 0.25) is 0 Å². The summed E-state index contributed by atoms with van der Waals surface area (Å²) >= 11 is 0. The Morgan fingerprint density at radius 3 is 1.38 bits per heavy atom. The minimum Gasteiger partial charge on any atom is -0.478 e. The Hall–Kier alpha value is -4.72. The molecule has 0 amide bonds. The van der Waals surface area contributed by atoms with Gasteiger partial charge in [0.2, 0.25) is 0 Å². The van der Waals surface area contributed by atoms with Crippen molar-refractivity contribution in [2.45, 2.75) is 0 Å². The van der Waals surface area contributed by atoms with Crippen molar-refractivity contribution in [2.24, 2.45) is 0 Å². The van der Waals surface area contributed by atoms with Crippen molar-refractivity contribution in [3.05, 3.63) is 83.9 Å². The van der Waals surface area contributed by atoms with E-state index in [9.17, 15) is 9.59 Å². The van der Waals surface area contributed by atoms with Crippen molar-refractivity contribution < 1.29 is 19.8 Å². The summed E-state index contributed by atoms with van der Waals surface area (Å²) in [6.45, 7) is 0. The first-order valence-corrected chi connectivity index (χ1v) is 9.54. The Morgan fingerprint density at radius 1 is 0.562 bits per heavy atom. The zero-order valence-corrected chi connectivity index (χ0v) is 16.7. The molecular weight excluding hydrogens is 408 g/mol. The van der Waals surface area contributed by atoms with E-state index in [1.807, 2.05) is 12.1 Å². The molecule has 0 spiro atoms. The van der Waals surface area contributed by atoms with Crippen LogP contribution in [0.3, 0.4) is 0 Å². The van der Waals surface area contributed by atoms with Crippen LogP contribution in [0.4, 0.5) is 11.5 Å². The minimum absolute atomic E-state index is 0.147. The van der Waals surface area contributed by atoms with Gasteiger partial charge < -0.3 is 21.7 Å². The monoisotopic (exact) mass is 426 g/mol. The molecule has 0 aliphatic heterocycles. The van der Waals surface area contributed by atoms with E-state index < -0.39 is 11.9 Å². The maximum absolute atomic E-state index is 11.2. The Labute approximate surface area is 182 Å². The van der Waals surface area contributed by atoms with Gasteiger partial charge in [0.05, 0.1) is 22.5 Å². The van der Waals surface area contributed by atoms with Crippen molar-refractivity contribution in [2.75, 3.05) is 11.5 Å². The zero-order chi connectivity index (χ0) is 22.8. The van der Waals surface area contributed by atoms with Crippen LogP contribution in [-0.2, 0) is 0 Å². The van der Waals surface area contributed by atoms with Gasteiger partial charge in [-0.05, 0) is 36.4 Å². The third-order valence-corrected chi connectivity index (χ3v) is 4.92. The minimum atomic E-state index is -1.03. The molecule has 4 aromatic rings. The highest BCUT2D eigenvalue weighted by Crippen LogP contribution is 2.34. The molecule has 1 heterocycles. The van der Waals surface area contributed by atoms with E-state index in [2.05, 4.69) is 4.98 Å². The molecule has 0 saturated heterocycles. The lowest BCUT2D eigenvalue weighted by Gasteiger charge is -2.14. The van der Waals surface area contributed by atoms with E-state index in [-0.39, 0.29) is 16.9 Å². The average molecular weight is 426 g/mol. The number of carboxylic acid groups (broad SMARTS) is 2. The SMILES string of the molecule is Nc1ccc(-c2nc(-c3ccc(C(=O)O)cc3)c(N)nc2-c2ccc(C(=O)O)cc2)cc1. The fourth-order valence-electron chi connectivity index (χ4n) is 3.25. The van der Waals surface area contributed by atoms with Gasteiger partial charge in [-0.1, -0.05) is 36.4 Å². The van der Waals surface area contributed by atoms with Gasteiger partial charge >= 0.3 is 11.9 Å². The highest BCUT2D eigenvalue weighted by Gasteiger charge is 2.17. The number of nitrogen functional groups attached to an aromatic ring is 2. The van der Waals surface area contributed by atoms with E-state index in [1.54, 1.807) is 36.4 Å². The fourth-order valence-corrected chi connectivity index (χ4v) is 3.25. The van der Waals surface area contributed by atoms with Gasteiger partial charge in [0.15, 0.2) is 5.82 Å². The van der Waals surface area contributed by atoms with Crippen molar-refractivity contribution in [3.63, 3.8) is 0 Å². The van der Waals surface area contributed by atoms with Gasteiger partial charge in [-0.2, -0.15) is 0 Å². The first kappa shape index (κ1) is 20.5. The van der Waals surface area contributed by atoms with Gasteiger partial charge in [-0.3, -0.25) is 0 Å². The summed E-state index contributed by atoms with van der Waals surface area (Å²) in [6, 6.07) is 19.6. The van der Waals surface area contributed by atoms with Crippen LogP contribution in [0.1, 0.15) is 20.7 Å². The molecule has 8 nitrogen and oxygen atoms in total. The number of hydrogen-bond acceptors (Lipinski definition) is 6. The molecular formula is C24H18N4O4. The Kier molecular flexibility index (Phi) is 5.26. The second kappa shape index (κ2) is 8.19. The van der Waals surface area contributed by atoms with Crippen LogP contribution in [0.25, 0.3) is 33.8 Å². The fraction of sp³-hybridized carbons (Fsp3) is 0. The van der Waals surface area contributed by atoms with Crippen molar-refractivity contribution in [1.82, 2.24) is 9.97 Å². The first-order chi connectivity index (χ1) is 15.3. The van der Waals surface area contributed by atoms with Gasteiger partial charge in [-0.25, -0.2) is 19.6 Å². The number of nitrogens with two attached hydrogens (primary N) is 2. The number of hydrogen-bond donors (Lipinski definition) is 4. The molecule has 4 rings (SSSR count). The van der Waals surface area contributed by atoms with Crippen LogP contribution in [-0.4, -0.2) is 32.1 Å². The van der Waals surface area contributed by atoms with E-state index >= 15 is 0 Å². The van der Waals surface area contributed by atoms with E-state index in [0.717, 1.165) is 5.56 Å². The summed E-state index contributed by atoms with van der Waals surface area (Å²) in [4.78, 5) is 31.7. The smallest absolute Gasteiger partial charge is 0.335 e. The normalized spacial score (nSPS) is 10.6. The third kappa shape index (κ3) is 3.97. The molecule has 1 aromatic heterocycles. The van der Waals surface area contributed by atoms with Crippen LogP contribution in [0, 0.1) is 0 Å². The first-order valence-electron chi connectivity index (χ1n) is 9.54. The molecule has 6 N–H and O–H groups in total. The van der Waals surface area contributed by atoms with Crippen LogP contribution < -0.4 is 11.5 Å². The molecule has 8 heteroatoms. The second-order valence-corrected chi connectivity index (χ2v) is 7.04. The second-order valence-electron chi connectivity index (χ2n) is 7.04. The Morgan fingerprint density at radius 2 is 0.938 bits per heavy atom. The molecule has 158 valence electrons. The van der Waals surface area contributed by atoms with Crippen LogP contribution >= 0.6 is 0 Å². The quantitative estimate of drug-likeness (QED) is 0.349. The maximum Gasteiger partial charge on any atom is 0.335 e. The van der Waals surface area contributed by atoms with E-state index in [0.29, 0.717) is 33.9 Å². The van der Waals surface area contributed by atoms with Crippen LogP contribution in [0.5, 0.6) is 0 Å². The van der Waals surface area contributed by atoms with Crippen molar-refractivity contribution in [3.8, 4) is 33.8 Å². The lowest BCUT2D eigenvalue weighted by Crippen LogP contribution is -2.04. The number of anilines is 2. The largest absolute Gasteiger partial charge is 0.478 e. The van der Waals surface area contributed by atoms with E-state index in [1.165, 1.54) is 24.3 Å². The number of aromatic nitrogens is 2. The zero-order valence-electron chi connectivity index (χ0n) is 16.7. The topological polar surface area (TPSA) is 152 Å². The van der Waals surface area contributed by atoms with Crippen LogP contribution in [0.15, 0.2) is 72.8 Å². The van der Waals surface area contributed by atoms with E-state index in [4.69, 9.17) is 26.7 Å².